The Bertz CT molecular complexity index is 1310. The molecule has 444 valence electrons. The van der Waals surface area contributed by atoms with Crippen molar-refractivity contribution in [2.24, 2.45) is 0 Å². The van der Waals surface area contributed by atoms with E-state index in [-0.39, 0.29) is 31.1 Å². The summed E-state index contributed by atoms with van der Waals surface area (Å²) in [6.07, 6.45) is 81.5. The van der Waals surface area contributed by atoms with Gasteiger partial charge in [-0.2, -0.15) is 0 Å². The Labute approximate surface area is 473 Å². The summed E-state index contributed by atoms with van der Waals surface area (Å²) in [5.41, 5.74) is 0. The summed E-state index contributed by atoms with van der Waals surface area (Å²) >= 11 is 0. The second-order valence-corrected chi connectivity index (χ2v) is 22.7. The normalized spacial score (nSPS) is 12.3. The number of hydrogen-bond acceptors (Lipinski definition) is 6. The van der Waals surface area contributed by atoms with Crippen LogP contribution in [0.5, 0.6) is 0 Å². The average Bonchev–Trinajstić information content (AvgIpc) is 3.42. The number of ether oxygens (including phenoxy) is 3. The first-order valence-corrected chi connectivity index (χ1v) is 33.6. The zero-order valence-electron chi connectivity index (χ0n) is 51.0. The van der Waals surface area contributed by atoms with Gasteiger partial charge in [-0.05, 0) is 83.5 Å². The molecule has 0 heterocycles. The quantitative estimate of drug-likeness (QED) is 0.0261. The average molecular weight is 1070 g/mol. The van der Waals surface area contributed by atoms with Crippen LogP contribution >= 0.6 is 0 Å². The van der Waals surface area contributed by atoms with Crippen LogP contribution in [0.4, 0.5) is 0 Å². The number of unbranched alkanes of at least 4 members (excludes halogenated alkanes) is 43. The largest absolute Gasteiger partial charge is 0.462 e. The molecule has 0 aliphatic rings. The van der Waals surface area contributed by atoms with Gasteiger partial charge in [0.2, 0.25) is 0 Å². The van der Waals surface area contributed by atoms with Crippen molar-refractivity contribution in [3.8, 4) is 0 Å². The van der Waals surface area contributed by atoms with E-state index in [0.717, 1.165) is 70.6 Å². The summed E-state index contributed by atoms with van der Waals surface area (Å²) in [5.74, 6) is -0.855. The number of allylic oxidation sites excluding steroid dienone is 8. The predicted molar refractivity (Wildman–Crippen MR) is 330 cm³/mol. The second-order valence-electron chi connectivity index (χ2n) is 22.7. The number of hydrogen-bond donors (Lipinski definition) is 0. The molecule has 0 N–H and O–H groups in total. The maximum absolute atomic E-state index is 12.9. The number of carbonyl (C=O) groups excluding carboxylic acids is 3. The van der Waals surface area contributed by atoms with Crippen LogP contribution in [0.2, 0.25) is 0 Å². The first kappa shape index (κ1) is 73.4. The van der Waals surface area contributed by atoms with E-state index in [1.54, 1.807) is 0 Å². The van der Waals surface area contributed by atoms with E-state index in [1.165, 1.54) is 250 Å². The highest BCUT2D eigenvalue weighted by Crippen LogP contribution is 2.17. The molecule has 0 aromatic heterocycles. The van der Waals surface area contributed by atoms with Gasteiger partial charge in [0.1, 0.15) is 13.2 Å². The van der Waals surface area contributed by atoms with Crippen LogP contribution in [0, 0.1) is 0 Å². The number of rotatable bonds is 62. The molecule has 0 spiro atoms. The molecule has 0 aliphatic carbocycles. The first-order valence-electron chi connectivity index (χ1n) is 33.6. The smallest absolute Gasteiger partial charge is 0.306 e. The lowest BCUT2D eigenvalue weighted by Crippen LogP contribution is -2.30. The van der Waals surface area contributed by atoms with Gasteiger partial charge in [-0.15, -0.1) is 0 Å². The minimum Gasteiger partial charge on any atom is -0.462 e. The van der Waals surface area contributed by atoms with E-state index >= 15 is 0 Å². The fourth-order valence-corrected chi connectivity index (χ4v) is 9.98. The van der Waals surface area contributed by atoms with E-state index < -0.39 is 6.10 Å². The minimum absolute atomic E-state index is 0.0697. The number of carbonyl (C=O) groups is 3. The molecule has 0 aromatic rings. The lowest BCUT2D eigenvalue weighted by atomic mass is 10.0. The van der Waals surface area contributed by atoms with Crippen molar-refractivity contribution in [3.05, 3.63) is 48.6 Å². The summed E-state index contributed by atoms with van der Waals surface area (Å²) in [5, 5.41) is 0. The van der Waals surface area contributed by atoms with Crippen LogP contribution in [0.15, 0.2) is 48.6 Å². The molecule has 1 unspecified atom stereocenters. The summed E-state index contributed by atoms with van der Waals surface area (Å²) < 4.78 is 16.9. The third-order valence-electron chi connectivity index (χ3n) is 15.1. The predicted octanol–water partition coefficient (Wildman–Crippen LogP) is 22.9. The fraction of sp³-hybridized carbons (Fsp3) is 0.843. The Balaban J connectivity index is 4.12. The van der Waals surface area contributed by atoms with Gasteiger partial charge in [0.25, 0.3) is 0 Å². The topological polar surface area (TPSA) is 78.9 Å². The van der Waals surface area contributed by atoms with Crippen LogP contribution in [0.3, 0.4) is 0 Å². The zero-order chi connectivity index (χ0) is 55.0. The zero-order valence-corrected chi connectivity index (χ0v) is 51.0. The summed E-state index contributed by atoms with van der Waals surface area (Å²) in [4.78, 5) is 38.2. The maximum atomic E-state index is 12.9. The molecular formula is C70H128O6. The fourth-order valence-electron chi connectivity index (χ4n) is 9.98. The molecule has 0 aromatic carbocycles. The van der Waals surface area contributed by atoms with Crippen LogP contribution in [0.1, 0.15) is 361 Å². The molecule has 0 saturated heterocycles. The molecule has 0 fully saturated rings. The molecular weight excluding hydrogens is 937 g/mol. The third-order valence-corrected chi connectivity index (χ3v) is 15.1. The van der Waals surface area contributed by atoms with Gasteiger partial charge in [-0.1, -0.05) is 307 Å². The van der Waals surface area contributed by atoms with Crippen LogP contribution in [-0.2, 0) is 28.6 Å². The summed E-state index contributed by atoms with van der Waals surface area (Å²) in [7, 11) is 0. The van der Waals surface area contributed by atoms with E-state index in [0.29, 0.717) is 19.3 Å². The SMILES string of the molecule is CCCCCCC/C=C\C/C=C\CCCCCCCCCCCCCCCC(=O)OCC(COC(=O)CCCCCCCCCC)OC(=O)CCCCCCCCCCCCCCC/C=C\C/C=C\CCCCCCC. The van der Waals surface area contributed by atoms with E-state index in [9.17, 15) is 14.4 Å². The molecule has 0 amide bonds. The van der Waals surface area contributed by atoms with Gasteiger partial charge in [-0.3, -0.25) is 14.4 Å². The Morgan fingerprint density at radius 2 is 0.474 bits per heavy atom. The summed E-state index contributed by atoms with van der Waals surface area (Å²) in [6.45, 7) is 6.64. The highest BCUT2D eigenvalue weighted by molar-refractivity contribution is 5.71. The third kappa shape index (κ3) is 62.2. The lowest BCUT2D eigenvalue weighted by molar-refractivity contribution is -0.167. The van der Waals surface area contributed by atoms with E-state index in [1.807, 2.05) is 0 Å². The highest BCUT2D eigenvalue weighted by atomic mass is 16.6. The molecule has 0 radical (unpaired) electrons. The molecule has 76 heavy (non-hydrogen) atoms. The highest BCUT2D eigenvalue weighted by Gasteiger charge is 2.19. The molecule has 0 rings (SSSR count). The standard InChI is InChI=1S/C70H128O6/c1-4-7-10-13-16-19-21-23-25-27-29-31-33-35-37-39-41-43-45-47-49-51-54-57-60-63-69(72)75-66-67(65-74-68(71)62-59-56-53-18-15-12-9-6-3)76-70(73)64-61-58-55-52-50-48-46-44-42-40-38-36-34-32-30-28-26-24-22-20-17-14-11-8-5-2/h21-24,27-30,67H,4-20,25-26,31-66H2,1-3H3/b23-21-,24-22-,29-27-,30-28-. The molecule has 0 aliphatic heterocycles. The Morgan fingerprint density at radius 1 is 0.263 bits per heavy atom. The molecule has 6 nitrogen and oxygen atoms in total. The van der Waals surface area contributed by atoms with Gasteiger partial charge >= 0.3 is 17.9 Å². The Morgan fingerprint density at radius 3 is 0.724 bits per heavy atom. The van der Waals surface area contributed by atoms with Gasteiger partial charge < -0.3 is 14.2 Å². The van der Waals surface area contributed by atoms with Gasteiger partial charge in [0.15, 0.2) is 6.10 Å². The van der Waals surface area contributed by atoms with Crippen molar-refractivity contribution in [2.45, 2.75) is 367 Å². The molecule has 6 heteroatoms. The van der Waals surface area contributed by atoms with Gasteiger partial charge in [0.05, 0.1) is 0 Å². The van der Waals surface area contributed by atoms with Crippen LogP contribution < -0.4 is 0 Å². The van der Waals surface area contributed by atoms with Crippen molar-refractivity contribution in [3.63, 3.8) is 0 Å². The molecule has 0 saturated carbocycles. The minimum atomic E-state index is -0.771. The van der Waals surface area contributed by atoms with Gasteiger partial charge in [0, 0.05) is 19.3 Å². The van der Waals surface area contributed by atoms with Crippen LogP contribution in [-0.4, -0.2) is 37.2 Å². The summed E-state index contributed by atoms with van der Waals surface area (Å²) in [6, 6.07) is 0. The maximum Gasteiger partial charge on any atom is 0.306 e. The Kier molecular flexibility index (Phi) is 62.6. The monoisotopic (exact) mass is 1060 g/mol. The Hall–Kier alpha value is -2.63. The van der Waals surface area contributed by atoms with Crippen molar-refractivity contribution in [1.29, 1.82) is 0 Å². The lowest BCUT2D eigenvalue weighted by Gasteiger charge is -2.18. The van der Waals surface area contributed by atoms with Crippen molar-refractivity contribution >= 4 is 17.9 Å². The number of esters is 3. The molecule has 0 bridgehead atoms. The first-order chi connectivity index (χ1) is 37.5. The molecule has 1 atom stereocenters. The van der Waals surface area contributed by atoms with Gasteiger partial charge in [-0.25, -0.2) is 0 Å². The van der Waals surface area contributed by atoms with Crippen LogP contribution in [0.25, 0.3) is 0 Å². The van der Waals surface area contributed by atoms with Crippen molar-refractivity contribution < 1.29 is 28.6 Å². The van der Waals surface area contributed by atoms with E-state index in [2.05, 4.69) is 69.4 Å². The van der Waals surface area contributed by atoms with E-state index in [4.69, 9.17) is 14.2 Å². The second kappa shape index (κ2) is 64.9. The van der Waals surface area contributed by atoms with Crippen molar-refractivity contribution in [1.82, 2.24) is 0 Å². The van der Waals surface area contributed by atoms with Crippen molar-refractivity contribution in [2.75, 3.05) is 13.2 Å².